The Balaban J connectivity index is 2.42. The number of aliphatic hydroxyl groups excluding tert-OH is 1. The second kappa shape index (κ2) is 5.48. The first-order valence-electron chi connectivity index (χ1n) is 8.24. The molecule has 1 amide bonds. The molecule has 4 nitrogen and oxygen atoms in total. The normalized spacial score (nSPS) is 21.4. The number of halogens is 2. The predicted molar refractivity (Wildman–Crippen MR) is 83.2 cm³/mol. The summed E-state index contributed by atoms with van der Waals surface area (Å²) in [6.07, 6.45) is -1.94. The van der Waals surface area contributed by atoms with Crippen LogP contribution in [0.4, 0.5) is 5.69 Å². The zero-order valence-electron chi connectivity index (χ0n) is 15.3. The van der Waals surface area contributed by atoms with Crippen molar-refractivity contribution in [3.05, 3.63) is 63.5 Å². The highest BCUT2D eigenvalue weighted by molar-refractivity contribution is 6.36. The van der Waals surface area contributed by atoms with Crippen molar-refractivity contribution in [1.82, 2.24) is 0 Å². The van der Waals surface area contributed by atoms with Crippen LogP contribution < -0.4 is 5.31 Å². The molecular formula is C15H10Cl2N2O2. The highest BCUT2D eigenvalue weighted by atomic mass is 35.5. The van der Waals surface area contributed by atoms with E-state index in [0.29, 0.717) is 5.31 Å². The Morgan fingerprint density at radius 2 is 2.05 bits per heavy atom. The fourth-order valence-corrected chi connectivity index (χ4v) is 2.23. The summed E-state index contributed by atoms with van der Waals surface area (Å²) >= 11 is 12.1. The number of anilines is 1. The lowest BCUT2D eigenvalue weighted by atomic mass is 10.0. The second-order valence-corrected chi connectivity index (χ2v) is 4.97. The maximum absolute atomic E-state index is 12.1. The molecule has 2 aromatic carbocycles. The Kier molecular flexibility index (Phi) is 2.40. The lowest BCUT2D eigenvalue weighted by Crippen LogP contribution is -2.24. The SMILES string of the molecule is [2H]c1c([2H])c([2H])c(C2=NC(O)C(=O)N([2H])c3ccc(Cl)cc32)c(Cl)c1[2H]. The summed E-state index contributed by atoms with van der Waals surface area (Å²) in [7, 11) is 0. The van der Waals surface area contributed by atoms with E-state index >= 15 is 0 Å². The molecular weight excluding hydrogens is 311 g/mol. The van der Waals surface area contributed by atoms with Gasteiger partial charge in [-0.1, -0.05) is 41.3 Å². The standard InChI is InChI=1S/C15H10Cl2N2O2/c16-8-5-6-12-10(7-8)13(19-15(21)14(20)18-12)9-3-1-2-4-11(9)17/h1-7,15,21H,(H,18,20)/i1D,2D,3D,4D/hD. The molecule has 2 aromatic rings. The Morgan fingerprint density at radius 3 is 2.86 bits per heavy atom. The van der Waals surface area contributed by atoms with Gasteiger partial charge in [0.05, 0.1) is 16.9 Å². The molecule has 0 radical (unpaired) electrons. The highest BCUT2D eigenvalue weighted by Gasteiger charge is 2.25. The Hall–Kier alpha value is -1.88. The minimum Gasteiger partial charge on any atom is -0.364 e. The number of carbonyl (C=O) groups is 1. The van der Waals surface area contributed by atoms with E-state index in [1.54, 1.807) is 0 Å². The summed E-state index contributed by atoms with van der Waals surface area (Å²) in [6, 6.07) is 2.14. The first-order valence-corrected chi connectivity index (χ1v) is 6.55. The zero-order chi connectivity index (χ0) is 19.3. The number of nitrogens with zero attached hydrogens (tertiary/aromatic N) is 1. The van der Waals surface area contributed by atoms with Crippen molar-refractivity contribution >= 4 is 40.5 Å². The third-order valence-corrected chi connectivity index (χ3v) is 3.31. The monoisotopic (exact) mass is 325 g/mol. The Morgan fingerprint density at radius 1 is 1.29 bits per heavy atom. The van der Waals surface area contributed by atoms with Crippen LogP contribution in [-0.4, -0.2) is 23.0 Å². The van der Waals surface area contributed by atoms with Crippen molar-refractivity contribution in [2.45, 2.75) is 6.23 Å². The van der Waals surface area contributed by atoms with E-state index in [0.717, 1.165) is 0 Å². The summed E-state index contributed by atoms with van der Waals surface area (Å²) < 4.78 is 39.4. The Bertz CT molecular complexity index is 954. The average Bonchev–Trinajstić information content (AvgIpc) is 2.70. The van der Waals surface area contributed by atoms with Crippen LogP contribution in [0.3, 0.4) is 0 Å². The third kappa shape index (κ3) is 2.65. The lowest BCUT2D eigenvalue weighted by molar-refractivity contribution is -0.123. The van der Waals surface area contributed by atoms with Crippen molar-refractivity contribution in [3.8, 4) is 0 Å². The molecule has 0 saturated heterocycles. The number of hydrogen-bond donors (Lipinski definition) is 2. The number of aliphatic imine (C=N–C) groups is 1. The molecule has 1 aliphatic rings. The molecule has 106 valence electrons. The number of benzene rings is 2. The number of amides is 1. The average molecular weight is 326 g/mol. The van der Waals surface area contributed by atoms with Crippen molar-refractivity contribution in [1.29, 1.82) is 0 Å². The van der Waals surface area contributed by atoms with Crippen LogP contribution in [0, 0.1) is 0 Å². The van der Waals surface area contributed by atoms with Gasteiger partial charge >= 0.3 is 0 Å². The van der Waals surface area contributed by atoms with Gasteiger partial charge in [-0.3, -0.25) is 4.79 Å². The van der Waals surface area contributed by atoms with Gasteiger partial charge in [-0.05, 0) is 24.2 Å². The molecule has 0 spiro atoms. The first kappa shape index (κ1) is 9.20. The predicted octanol–water partition coefficient (Wildman–Crippen LogP) is 3.10. The third-order valence-electron chi connectivity index (χ3n) is 2.80. The van der Waals surface area contributed by atoms with Crippen LogP contribution in [0.2, 0.25) is 11.5 Å². The fraction of sp³-hybridized carbons (Fsp3) is 0.0667. The van der Waals surface area contributed by atoms with E-state index in [1.165, 1.54) is 18.2 Å². The molecule has 0 saturated carbocycles. The summed E-state index contributed by atoms with van der Waals surface area (Å²) in [5, 5.41) is 10.4. The van der Waals surface area contributed by atoms with Gasteiger partial charge in [-0.25, -0.2) is 4.99 Å². The van der Waals surface area contributed by atoms with Crippen LogP contribution in [-0.2, 0) is 4.79 Å². The molecule has 0 aromatic heterocycles. The molecule has 0 bridgehead atoms. The largest absolute Gasteiger partial charge is 0.364 e. The number of carbonyl (C=O) groups excluding carboxylic acids is 1. The quantitative estimate of drug-likeness (QED) is 0.846. The molecule has 2 N–H and O–H groups in total. The molecule has 3 rings (SSSR count). The van der Waals surface area contributed by atoms with Gasteiger partial charge in [0.25, 0.3) is 5.91 Å². The van der Waals surface area contributed by atoms with Crippen molar-refractivity contribution in [2.75, 3.05) is 5.31 Å². The van der Waals surface area contributed by atoms with Gasteiger partial charge in [0.15, 0.2) is 1.41 Å². The van der Waals surface area contributed by atoms with E-state index in [9.17, 15) is 9.90 Å². The molecule has 0 fully saturated rings. The van der Waals surface area contributed by atoms with Crippen LogP contribution >= 0.6 is 23.2 Å². The summed E-state index contributed by atoms with van der Waals surface area (Å²) in [4.78, 5) is 16.0. The molecule has 21 heavy (non-hydrogen) atoms. The van der Waals surface area contributed by atoms with E-state index in [-0.39, 0.29) is 32.6 Å². The summed E-state index contributed by atoms with van der Waals surface area (Å²) in [6.45, 7) is 0. The molecule has 1 atom stereocenters. The number of benzodiazepines with no additional fused rings is 1. The minimum atomic E-state index is -1.94. The van der Waals surface area contributed by atoms with Crippen molar-refractivity contribution in [3.63, 3.8) is 0 Å². The second-order valence-electron chi connectivity index (χ2n) is 4.15. The van der Waals surface area contributed by atoms with Gasteiger partial charge in [0, 0.05) is 21.2 Å². The van der Waals surface area contributed by atoms with Crippen LogP contribution in [0.25, 0.3) is 0 Å². The van der Waals surface area contributed by atoms with Gasteiger partial charge in [0.1, 0.15) is 0 Å². The number of fused-ring (bicyclic) bond motifs is 1. The minimum absolute atomic E-state index is 0.0400. The fourth-order valence-electron chi connectivity index (χ4n) is 1.88. The summed E-state index contributed by atoms with van der Waals surface area (Å²) in [5.74, 6) is -1.03. The van der Waals surface area contributed by atoms with Gasteiger partial charge in [-0.15, -0.1) is 0 Å². The molecule has 1 unspecified atom stereocenters. The van der Waals surface area contributed by atoms with Crippen LogP contribution in [0.15, 0.2) is 47.4 Å². The van der Waals surface area contributed by atoms with E-state index in [4.69, 9.17) is 30.1 Å². The maximum atomic E-state index is 12.1. The molecule has 1 heterocycles. The zero-order valence-corrected chi connectivity index (χ0v) is 11.8. The van der Waals surface area contributed by atoms with Gasteiger partial charge in [-0.2, -0.15) is 0 Å². The topological polar surface area (TPSA) is 61.7 Å². The van der Waals surface area contributed by atoms with Crippen molar-refractivity contribution in [2.24, 2.45) is 4.99 Å². The smallest absolute Gasteiger partial charge is 0.276 e. The highest BCUT2D eigenvalue weighted by Crippen LogP contribution is 2.29. The number of nitrogens with one attached hydrogen (secondary N) is 1. The van der Waals surface area contributed by atoms with E-state index in [1.807, 2.05) is 0 Å². The first-order chi connectivity index (χ1) is 12.1. The van der Waals surface area contributed by atoms with Gasteiger partial charge < -0.3 is 10.4 Å². The molecule has 6 heteroatoms. The van der Waals surface area contributed by atoms with Crippen LogP contribution in [0.1, 0.15) is 16.6 Å². The van der Waals surface area contributed by atoms with Gasteiger partial charge in [0.2, 0.25) is 6.23 Å². The number of aliphatic hydroxyl groups is 1. The van der Waals surface area contributed by atoms with E-state index < -0.39 is 36.3 Å². The van der Waals surface area contributed by atoms with E-state index in [2.05, 4.69) is 4.99 Å². The summed E-state index contributed by atoms with van der Waals surface area (Å²) in [5.41, 5.74) is -0.180. The van der Waals surface area contributed by atoms with Crippen LogP contribution in [0.5, 0.6) is 0 Å². The molecule has 1 aliphatic heterocycles. The van der Waals surface area contributed by atoms with Crippen molar-refractivity contribution < 1.29 is 16.8 Å². The molecule has 0 aliphatic carbocycles. The Labute approximate surface area is 138 Å². The number of rotatable bonds is 1. The number of hydrogen-bond acceptors (Lipinski definition) is 3. The lowest BCUT2D eigenvalue weighted by Gasteiger charge is -2.11. The maximum Gasteiger partial charge on any atom is 0.276 e.